The zero-order valence-electron chi connectivity index (χ0n) is 25.5. The minimum Gasteiger partial charge on any atom is -0.354 e. The molecular formula is C35H37Cl2N3O4S. The highest BCUT2D eigenvalue weighted by Crippen LogP contribution is 2.33. The molecule has 236 valence electrons. The number of carbonyl (C=O) groups is 2. The fraction of sp³-hybridized carbons (Fsp3) is 0.257. The second-order valence-electron chi connectivity index (χ2n) is 11.3. The van der Waals surface area contributed by atoms with Gasteiger partial charge in [0.25, 0.3) is 10.0 Å². The first-order valence-corrected chi connectivity index (χ1v) is 16.8. The summed E-state index contributed by atoms with van der Waals surface area (Å²) in [5.74, 6) is -0.706. The van der Waals surface area contributed by atoms with Crippen LogP contribution < -0.4 is 9.62 Å². The smallest absolute Gasteiger partial charge is 0.264 e. The number of rotatable bonds is 13. The van der Waals surface area contributed by atoms with E-state index in [1.807, 2.05) is 75.4 Å². The molecule has 0 aliphatic heterocycles. The average molecular weight is 667 g/mol. The molecule has 1 unspecified atom stereocenters. The molecule has 4 rings (SSSR count). The average Bonchev–Trinajstić information content (AvgIpc) is 3.02. The molecule has 0 saturated carbocycles. The normalized spacial score (nSPS) is 12.0. The van der Waals surface area contributed by atoms with Gasteiger partial charge in [0.05, 0.1) is 15.6 Å². The van der Waals surface area contributed by atoms with Crippen LogP contribution in [0.3, 0.4) is 0 Å². The number of nitrogens with one attached hydrogen (secondary N) is 1. The van der Waals surface area contributed by atoms with Gasteiger partial charge >= 0.3 is 0 Å². The molecule has 0 fully saturated rings. The lowest BCUT2D eigenvalue weighted by atomic mass is 10.0. The molecule has 0 spiro atoms. The fourth-order valence-electron chi connectivity index (χ4n) is 4.78. The van der Waals surface area contributed by atoms with Crippen LogP contribution in [0.1, 0.15) is 30.5 Å². The topological polar surface area (TPSA) is 86.8 Å². The number of aryl methyl sites for hydroxylation is 1. The Morgan fingerprint density at radius 3 is 2.04 bits per heavy atom. The van der Waals surface area contributed by atoms with Gasteiger partial charge in [-0.05, 0) is 54.3 Å². The van der Waals surface area contributed by atoms with E-state index in [0.29, 0.717) is 11.6 Å². The molecule has 0 bridgehead atoms. The van der Waals surface area contributed by atoms with E-state index in [1.54, 1.807) is 18.2 Å². The standard InChI is InChI=1S/C35H37Cl2N3O4S/c1-25(2)22-38-35(42)33(20-27-10-6-4-7-11-27)39(23-28-16-14-26(3)15-17-28)34(41)24-40(32-19-18-29(36)21-31(32)37)45(43,44)30-12-8-5-9-13-30/h4-19,21,25,33H,20,22-24H2,1-3H3,(H,38,42). The predicted molar refractivity (Wildman–Crippen MR) is 181 cm³/mol. The van der Waals surface area contributed by atoms with Gasteiger partial charge in [-0.1, -0.05) is 115 Å². The predicted octanol–water partition coefficient (Wildman–Crippen LogP) is 6.91. The highest BCUT2D eigenvalue weighted by Gasteiger charge is 2.35. The Kier molecular flexibility index (Phi) is 11.7. The zero-order valence-corrected chi connectivity index (χ0v) is 27.8. The lowest BCUT2D eigenvalue weighted by Gasteiger charge is -2.34. The molecule has 0 saturated heterocycles. The van der Waals surface area contributed by atoms with Crippen LogP contribution in [-0.4, -0.2) is 44.3 Å². The zero-order chi connectivity index (χ0) is 32.6. The first-order valence-electron chi connectivity index (χ1n) is 14.6. The van der Waals surface area contributed by atoms with E-state index in [4.69, 9.17) is 23.2 Å². The summed E-state index contributed by atoms with van der Waals surface area (Å²) in [5.41, 5.74) is 2.80. The monoisotopic (exact) mass is 665 g/mol. The Morgan fingerprint density at radius 1 is 0.822 bits per heavy atom. The molecule has 7 nitrogen and oxygen atoms in total. The van der Waals surface area contributed by atoms with Crippen molar-refractivity contribution >= 4 is 50.7 Å². The van der Waals surface area contributed by atoms with Gasteiger partial charge in [-0.25, -0.2) is 8.42 Å². The van der Waals surface area contributed by atoms with Crippen LogP contribution >= 0.6 is 23.2 Å². The number of benzene rings is 4. The number of anilines is 1. The third-order valence-electron chi connectivity index (χ3n) is 7.22. The Hall–Kier alpha value is -3.85. The van der Waals surface area contributed by atoms with Gasteiger partial charge in [-0.3, -0.25) is 13.9 Å². The van der Waals surface area contributed by atoms with Crippen molar-refractivity contribution in [2.24, 2.45) is 5.92 Å². The van der Waals surface area contributed by atoms with Crippen LogP contribution in [0.5, 0.6) is 0 Å². The summed E-state index contributed by atoms with van der Waals surface area (Å²) in [6.45, 7) is 5.85. The van der Waals surface area contributed by atoms with Crippen molar-refractivity contribution in [2.45, 2.75) is 44.7 Å². The SMILES string of the molecule is Cc1ccc(CN(C(=O)CN(c2ccc(Cl)cc2Cl)S(=O)(=O)c2ccccc2)C(Cc2ccccc2)C(=O)NCC(C)C)cc1. The molecule has 0 radical (unpaired) electrons. The van der Waals surface area contributed by atoms with Gasteiger partial charge in [-0.15, -0.1) is 0 Å². The maximum atomic E-state index is 14.5. The summed E-state index contributed by atoms with van der Waals surface area (Å²) in [6.07, 6.45) is 0.232. The van der Waals surface area contributed by atoms with Crippen molar-refractivity contribution < 1.29 is 18.0 Å². The third-order valence-corrected chi connectivity index (χ3v) is 9.53. The lowest BCUT2D eigenvalue weighted by Crippen LogP contribution is -2.53. The van der Waals surface area contributed by atoms with Crippen LogP contribution in [-0.2, 0) is 32.6 Å². The van der Waals surface area contributed by atoms with Crippen molar-refractivity contribution in [3.05, 3.63) is 130 Å². The van der Waals surface area contributed by atoms with Crippen LogP contribution in [0.2, 0.25) is 10.0 Å². The Bertz CT molecular complexity index is 1700. The van der Waals surface area contributed by atoms with E-state index in [1.165, 1.54) is 35.2 Å². The number of nitrogens with zero attached hydrogens (tertiary/aromatic N) is 2. The Balaban J connectivity index is 1.81. The van der Waals surface area contributed by atoms with E-state index in [-0.39, 0.29) is 40.4 Å². The van der Waals surface area contributed by atoms with Crippen molar-refractivity contribution in [3.8, 4) is 0 Å². The van der Waals surface area contributed by atoms with Gasteiger partial charge < -0.3 is 10.2 Å². The molecule has 0 heterocycles. The van der Waals surface area contributed by atoms with Crippen molar-refractivity contribution in [1.29, 1.82) is 0 Å². The Labute approximate surface area is 275 Å². The minimum absolute atomic E-state index is 0.00980. The van der Waals surface area contributed by atoms with Crippen molar-refractivity contribution in [1.82, 2.24) is 10.2 Å². The van der Waals surface area contributed by atoms with Crippen LogP contribution in [0.15, 0.2) is 108 Å². The molecule has 45 heavy (non-hydrogen) atoms. The molecule has 0 aliphatic carbocycles. The highest BCUT2D eigenvalue weighted by atomic mass is 35.5. The van der Waals surface area contributed by atoms with Crippen LogP contribution in [0.25, 0.3) is 0 Å². The first kappa shape index (κ1) is 34.0. The summed E-state index contributed by atoms with van der Waals surface area (Å²) >= 11 is 12.7. The van der Waals surface area contributed by atoms with Gasteiger partial charge in [0.1, 0.15) is 12.6 Å². The molecule has 10 heteroatoms. The number of sulfonamides is 1. The molecule has 4 aromatic rings. The number of hydrogen-bond acceptors (Lipinski definition) is 4. The molecule has 1 N–H and O–H groups in total. The maximum absolute atomic E-state index is 14.5. The van der Waals surface area contributed by atoms with E-state index < -0.39 is 28.5 Å². The van der Waals surface area contributed by atoms with Crippen molar-refractivity contribution in [3.63, 3.8) is 0 Å². The van der Waals surface area contributed by atoms with E-state index in [9.17, 15) is 18.0 Å². The number of amides is 2. The van der Waals surface area contributed by atoms with Gasteiger partial charge in [0, 0.05) is 24.5 Å². The molecule has 1 atom stereocenters. The summed E-state index contributed by atoms with van der Waals surface area (Å²) in [4.78, 5) is 29.8. The van der Waals surface area contributed by atoms with Gasteiger partial charge in [0.15, 0.2) is 0 Å². The molecule has 4 aromatic carbocycles. The third kappa shape index (κ3) is 9.10. The molecule has 2 amide bonds. The fourth-order valence-corrected chi connectivity index (χ4v) is 6.80. The summed E-state index contributed by atoms with van der Waals surface area (Å²) in [7, 11) is -4.27. The summed E-state index contributed by atoms with van der Waals surface area (Å²) in [6, 6.07) is 28.4. The van der Waals surface area contributed by atoms with Crippen LogP contribution in [0.4, 0.5) is 5.69 Å². The lowest BCUT2D eigenvalue weighted by molar-refractivity contribution is -0.140. The first-order chi connectivity index (χ1) is 21.5. The molecule has 0 aliphatic rings. The number of halogens is 2. The van der Waals surface area contributed by atoms with Crippen LogP contribution in [0, 0.1) is 12.8 Å². The van der Waals surface area contributed by atoms with Crippen molar-refractivity contribution in [2.75, 3.05) is 17.4 Å². The largest absolute Gasteiger partial charge is 0.354 e. The van der Waals surface area contributed by atoms with E-state index in [2.05, 4.69) is 5.32 Å². The second-order valence-corrected chi connectivity index (χ2v) is 14.0. The molecule has 0 aromatic heterocycles. The highest BCUT2D eigenvalue weighted by molar-refractivity contribution is 7.92. The Morgan fingerprint density at radius 2 is 1.44 bits per heavy atom. The second kappa shape index (κ2) is 15.4. The van der Waals surface area contributed by atoms with Gasteiger partial charge in [-0.2, -0.15) is 0 Å². The van der Waals surface area contributed by atoms with Gasteiger partial charge in [0.2, 0.25) is 11.8 Å². The van der Waals surface area contributed by atoms with E-state index in [0.717, 1.165) is 21.0 Å². The van der Waals surface area contributed by atoms with E-state index >= 15 is 0 Å². The maximum Gasteiger partial charge on any atom is 0.264 e. The minimum atomic E-state index is -4.27. The quantitative estimate of drug-likeness (QED) is 0.168. The number of hydrogen-bond donors (Lipinski definition) is 1. The summed E-state index contributed by atoms with van der Waals surface area (Å²) < 4.78 is 29.1. The number of carbonyl (C=O) groups excluding carboxylic acids is 2. The molecular weight excluding hydrogens is 629 g/mol. The summed E-state index contributed by atoms with van der Waals surface area (Å²) in [5, 5.41) is 3.37.